The number of hydrogen-bond donors (Lipinski definition) is 1. The first-order valence-corrected chi connectivity index (χ1v) is 6.65. The standard InChI is InChI=1S/C14H14O4S/c1-17-10-4-5-12(14(15)16)13(9-10)18-7-6-11-3-2-8-19-11/h2-5,8-9H,6-7H2,1H3,(H,15,16). The van der Waals surface area contributed by atoms with Gasteiger partial charge >= 0.3 is 5.97 Å². The fourth-order valence-corrected chi connectivity index (χ4v) is 2.33. The summed E-state index contributed by atoms with van der Waals surface area (Å²) in [4.78, 5) is 12.3. The molecule has 1 heterocycles. The Morgan fingerprint density at radius 2 is 2.21 bits per heavy atom. The van der Waals surface area contributed by atoms with Crippen LogP contribution >= 0.6 is 11.3 Å². The number of hydrogen-bond acceptors (Lipinski definition) is 4. The fourth-order valence-electron chi connectivity index (χ4n) is 1.64. The van der Waals surface area contributed by atoms with Crippen molar-refractivity contribution in [3.63, 3.8) is 0 Å². The molecule has 19 heavy (non-hydrogen) atoms. The van der Waals surface area contributed by atoms with Gasteiger partial charge < -0.3 is 14.6 Å². The Hall–Kier alpha value is -2.01. The first-order valence-electron chi connectivity index (χ1n) is 5.77. The van der Waals surface area contributed by atoms with E-state index in [9.17, 15) is 4.79 Å². The van der Waals surface area contributed by atoms with Gasteiger partial charge in [0.15, 0.2) is 0 Å². The van der Waals surface area contributed by atoms with Gasteiger partial charge in [-0.15, -0.1) is 11.3 Å². The number of methoxy groups -OCH3 is 1. The molecule has 2 aromatic rings. The first kappa shape index (κ1) is 13.4. The molecule has 2 rings (SSSR count). The Balaban J connectivity index is 2.06. The van der Waals surface area contributed by atoms with Gasteiger partial charge in [0.05, 0.1) is 13.7 Å². The molecule has 100 valence electrons. The van der Waals surface area contributed by atoms with Crippen LogP contribution in [0.5, 0.6) is 11.5 Å². The van der Waals surface area contributed by atoms with Crippen LogP contribution < -0.4 is 9.47 Å². The molecule has 0 aliphatic rings. The van der Waals surface area contributed by atoms with Crippen LogP contribution in [0, 0.1) is 0 Å². The molecule has 0 bridgehead atoms. The van der Waals surface area contributed by atoms with Gasteiger partial charge in [0, 0.05) is 17.4 Å². The lowest BCUT2D eigenvalue weighted by Gasteiger charge is -2.10. The van der Waals surface area contributed by atoms with E-state index in [4.69, 9.17) is 14.6 Å². The molecule has 0 amide bonds. The average Bonchev–Trinajstić information content (AvgIpc) is 2.91. The third-order valence-electron chi connectivity index (χ3n) is 2.61. The van der Waals surface area contributed by atoms with Crippen LogP contribution in [-0.2, 0) is 6.42 Å². The number of thiophene rings is 1. The van der Waals surface area contributed by atoms with E-state index in [0.717, 1.165) is 6.42 Å². The van der Waals surface area contributed by atoms with E-state index in [1.165, 1.54) is 18.1 Å². The zero-order valence-electron chi connectivity index (χ0n) is 10.5. The molecule has 0 saturated carbocycles. The SMILES string of the molecule is COc1ccc(C(=O)O)c(OCCc2cccs2)c1. The lowest BCUT2D eigenvalue weighted by molar-refractivity contribution is 0.0692. The predicted molar refractivity (Wildman–Crippen MR) is 73.5 cm³/mol. The Labute approximate surface area is 115 Å². The molecule has 0 spiro atoms. The Bertz CT molecular complexity index is 549. The van der Waals surface area contributed by atoms with Crippen LogP contribution in [0.25, 0.3) is 0 Å². The summed E-state index contributed by atoms with van der Waals surface area (Å²) in [6.45, 7) is 0.438. The minimum Gasteiger partial charge on any atom is -0.497 e. The van der Waals surface area contributed by atoms with E-state index in [-0.39, 0.29) is 5.56 Å². The summed E-state index contributed by atoms with van der Waals surface area (Å²) in [6, 6.07) is 8.70. The van der Waals surface area contributed by atoms with Crippen LogP contribution in [0.3, 0.4) is 0 Å². The molecule has 1 aromatic heterocycles. The van der Waals surface area contributed by atoms with Gasteiger partial charge in [-0.25, -0.2) is 4.79 Å². The van der Waals surface area contributed by atoms with Gasteiger partial charge in [-0.05, 0) is 23.6 Å². The second-order valence-electron chi connectivity index (χ2n) is 3.85. The largest absolute Gasteiger partial charge is 0.497 e. The smallest absolute Gasteiger partial charge is 0.339 e. The van der Waals surface area contributed by atoms with E-state index in [0.29, 0.717) is 18.1 Å². The molecular weight excluding hydrogens is 264 g/mol. The van der Waals surface area contributed by atoms with E-state index >= 15 is 0 Å². The van der Waals surface area contributed by atoms with Gasteiger partial charge in [0.25, 0.3) is 0 Å². The number of carboxylic acid groups (broad SMARTS) is 1. The Morgan fingerprint density at radius 3 is 2.84 bits per heavy atom. The lowest BCUT2D eigenvalue weighted by atomic mass is 10.2. The summed E-state index contributed by atoms with van der Waals surface area (Å²) in [7, 11) is 1.53. The summed E-state index contributed by atoms with van der Waals surface area (Å²) in [6.07, 6.45) is 0.758. The molecule has 1 aromatic carbocycles. The van der Waals surface area contributed by atoms with E-state index in [1.807, 2.05) is 17.5 Å². The van der Waals surface area contributed by atoms with Gasteiger partial charge in [0.1, 0.15) is 17.1 Å². The van der Waals surface area contributed by atoms with Crippen molar-refractivity contribution >= 4 is 17.3 Å². The highest BCUT2D eigenvalue weighted by Crippen LogP contribution is 2.25. The van der Waals surface area contributed by atoms with Gasteiger partial charge in [-0.3, -0.25) is 0 Å². The molecule has 0 atom stereocenters. The minimum atomic E-state index is -1.01. The lowest BCUT2D eigenvalue weighted by Crippen LogP contribution is -2.06. The molecule has 0 fully saturated rings. The number of aromatic carboxylic acids is 1. The highest BCUT2D eigenvalue weighted by molar-refractivity contribution is 7.09. The zero-order chi connectivity index (χ0) is 13.7. The highest BCUT2D eigenvalue weighted by Gasteiger charge is 2.12. The van der Waals surface area contributed by atoms with Crippen molar-refractivity contribution in [2.75, 3.05) is 13.7 Å². The van der Waals surface area contributed by atoms with Crippen LogP contribution in [0.1, 0.15) is 15.2 Å². The van der Waals surface area contributed by atoms with E-state index < -0.39 is 5.97 Å². The molecule has 0 saturated heterocycles. The predicted octanol–water partition coefficient (Wildman–Crippen LogP) is 3.08. The topological polar surface area (TPSA) is 55.8 Å². The molecule has 4 nitrogen and oxygen atoms in total. The first-order chi connectivity index (χ1) is 9.20. The Morgan fingerprint density at radius 1 is 1.37 bits per heavy atom. The molecule has 1 N–H and O–H groups in total. The Kier molecular flexibility index (Phi) is 4.41. The normalized spacial score (nSPS) is 10.2. The van der Waals surface area contributed by atoms with Gasteiger partial charge in [0.2, 0.25) is 0 Å². The molecule has 0 radical (unpaired) electrons. The molecule has 5 heteroatoms. The summed E-state index contributed by atoms with van der Waals surface area (Å²) >= 11 is 1.66. The number of carbonyl (C=O) groups is 1. The summed E-state index contributed by atoms with van der Waals surface area (Å²) < 4.78 is 10.6. The van der Waals surface area contributed by atoms with Gasteiger partial charge in [-0.2, -0.15) is 0 Å². The third-order valence-corrected chi connectivity index (χ3v) is 3.54. The quantitative estimate of drug-likeness (QED) is 0.882. The van der Waals surface area contributed by atoms with Crippen molar-refractivity contribution in [2.24, 2.45) is 0 Å². The molecule has 0 aliphatic carbocycles. The van der Waals surface area contributed by atoms with E-state index in [2.05, 4.69) is 0 Å². The monoisotopic (exact) mass is 278 g/mol. The average molecular weight is 278 g/mol. The summed E-state index contributed by atoms with van der Waals surface area (Å²) in [5.74, 6) is -0.0895. The molecular formula is C14H14O4S. The van der Waals surface area contributed by atoms with E-state index in [1.54, 1.807) is 23.5 Å². The molecule has 0 unspecified atom stereocenters. The fraction of sp³-hybridized carbons (Fsp3) is 0.214. The maximum Gasteiger partial charge on any atom is 0.339 e. The zero-order valence-corrected chi connectivity index (χ0v) is 11.3. The second-order valence-corrected chi connectivity index (χ2v) is 4.88. The van der Waals surface area contributed by atoms with Crippen LogP contribution in [0.4, 0.5) is 0 Å². The van der Waals surface area contributed by atoms with Gasteiger partial charge in [-0.1, -0.05) is 6.07 Å². The molecule has 0 aliphatic heterocycles. The minimum absolute atomic E-state index is 0.145. The number of rotatable bonds is 6. The third kappa shape index (κ3) is 3.48. The van der Waals surface area contributed by atoms with Crippen molar-refractivity contribution in [1.29, 1.82) is 0 Å². The van der Waals surface area contributed by atoms with Crippen LogP contribution in [0.2, 0.25) is 0 Å². The van der Waals surface area contributed by atoms with Crippen molar-refractivity contribution in [2.45, 2.75) is 6.42 Å². The van der Waals surface area contributed by atoms with Crippen molar-refractivity contribution in [1.82, 2.24) is 0 Å². The maximum atomic E-state index is 11.1. The van der Waals surface area contributed by atoms with Crippen molar-refractivity contribution in [3.8, 4) is 11.5 Å². The number of carboxylic acids is 1. The maximum absolute atomic E-state index is 11.1. The highest BCUT2D eigenvalue weighted by atomic mass is 32.1. The van der Waals surface area contributed by atoms with Crippen LogP contribution in [0.15, 0.2) is 35.7 Å². The summed E-state index contributed by atoms with van der Waals surface area (Å²) in [5, 5.41) is 11.1. The van der Waals surface area contributed by atoms with Crippen LogP contribution in [-0.4, -0.2) is 24.8 Å². The summed E-state index contributed by atoms with van der Waals surface area (Å²) in [5.41, 5.74) is 0.145. The second kappa shape index (κ2) is 6.24. The van der Waals surface area contributed by atoms with Crippen molar-refractivity contribution < 1.29 is 19.4 Å². The van der Waals surface area contributed by atoms with Crippen molar-refractivity contribution in [3.05, 3.63) is 46.2 Å². The number of ether oxygens (including phenoxy) is 2. The number of benzene rings is 1.